The highest BCUT2D eigenvalue weighted by molar-refractivity contribution is 7.99. The highest BCUT2D eigenvalue weighted by Crippen LogP contribution is 2.33. The van der Waals surface area contributed by atoms with Crippen LogP contribution in [-0.2, 0) is 9.53 Å². The van der Waals surface area contributed by atoms with Crippen LogP contribution in [-0.4, -0.2) is 18.8 Å². The first kappa shape index (κ1) is 14.4. The van der Waals surface area contributed by atoms with Crippen LogP contribution in [0.1, 0.15) is 6.92 Å². The number of thioether (sulfide) groups is 1. The van der Waals surface area contributed by atoms with E-state index in [-0.39, 0.29) is 5.97 Å². The van der Waals surface area contributed by atoms with Crippen LogP contribution >= 0.6 is 35.0 Å². The third-order valence-electron chi connectivity index (χ3n) is 2.04. The van der Waals surface area contributed by atoms with Gasteiger partial charge in [-0.15, -0.1) is 11.8 Å². The molecule has 0 N–H and O–H groups in total. The Kier molecular flexibility index (Phi) is 5.89. The molecule has 2 nitrogen and oxygen atoms in total. The predicted octanol–water partition coefficient (Wildman–Crippen LogP) is 4.20. The molecule has 0 saturated heterocycles. The minimum atomic E-state index is -0.323. The maximum Gasteiger partial charge on any atom is 0.333 e. The van der Waals surface area contributed by atoms with Gasteiger partial charge >= 0.3 is 5.97 Å². The smallest absolute Gasteiger partial charge is 0.333 e. The maximum atomic E-state index is 11.1. The second-order valence-electron chi connectivity index (χ2n) is 3.24. The van der Waals surface area contributed by atoms with Crippen molar-refractivity contribution in [2.24, 2.45) is 0 Å². The van der Waals surface area contributed by atoms with Crippen molar-refractivity contribution in [3.05, 3.63) is 39.9 Å². The monoisotopic (exact) mass is 290 g/mol. The molecular formula is C12H12Cl2O2S. The highest BCUT2D eigenvalue weighted by atomic mass is 35.5. The molecule has 0 radical (unpaired) electrons. The van der Waals surface area contributed by atoms with Crippen molar-refractivity contribution in [2.45, 2.75) is 11.8 Å². The van der Waals surface area contributed by atoms with Gasteiger partial charge in [-0.25, -0.2) is 4.79 Å². The van der Waals surface area contributed by atoms with Gasteiger partial charge in [0.15, 0.2) is 0 Å². The third kappa shape index (κ3) is 4.26. The van der Waals surface area contributed by atoms with E-state index >= 15 is 0 Å². The van der Waals surface area contributed by atoms with E-state index in [2.05, 4.69) is 4.74 Å². The van der Waals surface area contributed by atoms with Crippen LogP contribution in [0.4, 0.5) is 0 Å². The van der Waals surface area contributed by atoms with Crippen LogP contribution in [0.15, 0.2) is 34.7 Å². The first-order valence-electron chi connectivity index (χ1n) is 4.88. The van der Waals surface area contributed by atoms with Gasteiger partial charge in [0.05, 0.1) is 17.2 Å². The van der Waals surface area contributed by atoms with Gasteiger partial charge in [0, 0.05) is 16.2 Å². The van der Waals surface area contributed by atoms with Crippen LogP contribution < -0.4 is 0 Å². The summed E-state index contributed by atoms with van der Waals surface area (Å²) < 4.78 is 4.59. The molecule has 92 valence electrons. The van der Waals surface area contributed by atoms with Gasteiger partial charge in [0.1, 0.15) is 0 Å². The maximum absolute atomic E-state index is 11.1. The van der Waals surface area contributed by atoms with E-state index in [0.29, 0.717) is 21.4 Å². The van der Waals surface area contributed by atoms with Gasteiger partial charge in [-0.05, 0) is 19.1 Å². The predicted molar refractivity (Wildman–Crippen MR) is 73.0 cm³/mol. The van der Waals surface area contributed by atoms with Gasteiger partial charge in [0.2, 0.25) is 0 Å². The number of rotatable bonds is 4. The lowest BCUT2D eigenvalue weighted by atomic mass is 10.3. The number of hydrogen-bond donors (Lipinski definition) is 0. The number of ether oxygens (including phenoxy) is 1. The minimum absolute atomic E-state index is 0.323. The zero-order valence-corrected chi connectivity index (χ0v) is 11.8. The molecular weight excluding hydrogens is 279 g/mol. The Labute approximate surface area is 115 Å². The van der Waals surface area contributed by atoms with Gasteiger partial charge in [0.25, 0.3) is 0 Å². The largest absolute Gasteiger partial charge is 0.466 e. The molecule has 17 heavy (non-hydrogen) atoms. The van der Waals surface area contributed by atoms with E-state index in [1.165, 1.54) is 18.9 Å². The highest BCUT2D eigenvalue weighted by Gasteiger charge is 2.06. The Bertz CT molecular complexity index is 424. The molecule has 0 aliphatic rings. The van der Waals surface area contributed by atoms with E-state index in [1.54, 1.807) is 31.2 Å². The van der Waals surface area contributed by atoms with Crippen LogP contribution in [0.2, 0.25) is 10.0 Å². The lowest BCUT2D eigenvalue weighted by Gasteiger charge is -2.04. The Morgan fingerprint density at radius 1 is 1.41 bits per heavy atom. The average Bonchev–Trinajstić information content (AvgIpc) is 2.31. The van der Waals surface area contributed by atoms with Crippen molar-refractivity contribution in [2.75, 3.05) is 12.9 Å². The van der Waals surface area contributed by atoms with Crippen LogP contribution in [0.5, 0.6) is 0 Å². The molecule has 1 aromatic carbocycles. The number of benzene rings is 1. The summed E-state index contributed by atoms with van der Waals surface area (Å²) in [6.45, 7) is 1.71. The molecule has 0 unspecified atom stereocenters. The van der Waals surface area contributed by atoms with Crippen molar-refractivity contribution in [3.8, 4) is 0 Å². The van der Waals surface area contributed by atoms with Crippen LogP contribution in [0, 0.1) is 0 Å². The van der Waals surface area contributed by atoms with Gasteiger partial charge in [-0.3, -0.25) is 0 Å². The molecule has 0 saturated carbocycles. The zero-order valence-electron chi connectivity index (χ0n) is 9.50. The molecule has 1 rings (SSSR count). The van der Waals surface area contributed by atoms with Crippen LogP contribution in [0.3, 0.4) is 0 Å². The molecule has 0 heterocycles. The molecule has 0 aliphatic carbocycles. The molecule has 0 atom stereocenters. The van der Waals surface area contributed by atoms with E-state index in [0.717, 1.165) is 4.90 Å². The van der Waals surface area contributed by atoms with E-state index < -0.39 is 0 Å². The van der Waals surface area contributed by atoms with Crippen molar-refractivity contribution < 1.29 is 9.53 Å². The molecule has 5 heteroatoms. The second kappa shape index (κ2) is 6.94. The quantitative estimate of drug-likeness (QED) is 0.472. The average molecular weight is 291 g/mol. The second-order valence-corrected chi connectivity index (χ2v) is 5.09. The molecule has 0 bridgehead atoms. The fraction of sp³-hybridized carbons (Fsp3) is 0.250. The molecule has 0 fully saturated rings. The molecule has 1 aromatic rings. The number of methoxy groups -OCH3 is 1. The summed E-state index contributed by atoms with van der Waals surface area (Å²) in [6, 6.07) is 5.36. The van der Waals surface area contributed by atoms with Crippen LogP contribution in [0.25, 0.3) is 0 Å². The number of carbonyl (C=O) groups excluding carboxylic acids is 1. The molecule has 0 spiro atoms. The molecule has 0 aliphatic heterocycles. The topological polar surface area (TPSA) is 26.3 Å². The van der Waals surface area contributed by atoms with Crippen molar-refractivity contribution >= 4 is 40.9 Å². The van der Waals surface area contributed by atoms with E-state index in [1.807, 2.05) is 0 Å². The summed E-state index contributed by atoms with van der Waals surface area (Å²) in [6.07, 6.45) is 1.79. The Morgan fingerprint density at radius 3 is 2.53 bits per heavy atom. The van der Waals surface area contributed by atoms with Gasteiger partial charge < -0.3 is 4.74 Å². The number of carbonyl (C=O) groups is 1. The summed E-state index contributed by atoms with van der Waals surface area (Å²) in [5.74, 6) is 0.292. The Balaban J connectivity index is 2.66. The third-order valence-corrected chi connectivity index (χ3v) is 3.96. The van der Waals surface area contributed by atoms with E-state index in [9.17, 15) is 4.79 Å². The lowest BCUT2D eigenvalue weighted by Crippen LogP contribution is -2.01. The molecule has 0 amide bonds. The summed E-state index contributed by atoms with van der Waals surface area (Å²) in [5.41, 5.74) is 0.572. The zero-order chi connectivity index (χ0) is 12.8. The Hall–Kier alpha value is -0.640. The van der Waals surface area contributed by atoms with Crippen molar-refractivity contribution in [1.82, 2.24) is 0 Å². The number of halogens is 2. The van der Waals surface area contributed by atoms with Gasteiger partial charge in [-0.1, -0.05) is 35.3 Å². The number of hydrogen-bond acceptors (Lipinski definition) is 3. The lowest BCUT2D eigenvalue weighted by molar-refractivity contribution is -0.136. The summed E-state index contributed by atoms with van der Waals surface area (Å²) in [4.78, 5) is 12.0. The first-order valence-corrected chi connectivity index (χ1v) is 6.62. The van der Waals surface area contributed by atoms with E-state index in [4.69, 9.17) is 23.2 Å². The normalized spacial score (nSPS) is 11.4. The minimum Gasteiger partial charge on any atom is -0.466 e. The summed E-state index contributed by atoms with van der Waals surface area (Å²) in [7, 11) is 1.36. The first-order chi connectivity index (χ1) is 8.06. The summed E-state index contributed by atoms with van der Waals surface area (Å²) in [5, 5.41) is 1.23. The fourth-order valence-corrected chi connectivity index (χ4v) is 2.75. The van der Waals surface area contributed by atoms with Crippen molar-refractivity contribution in [1.29, 1.82) is 0 Å². The summed E-state index contributed by atoms with van der Waals surface area (Å²) >= 11 is 13.5. The standard InChI is InChI=1S/C12H12Cl2O2S/c1-8(12(15)16-2)6-7-17-11-9(13)4-3-5-10(11)14/h3-6H,7H2,1-2H3. The van der Waals surface area contributed by atoms with Crippen molar-refractivity contribution in [3.63, 3.8) is 0 Å². The SMILES string of the molecule is COC(=O)C(C)=CCSc1c(Cl)cccc1Cl. The van der Waals surface area contributed by atoms with Gasteiger partial charge in [-0.2, -0.15) is 0 Å². The number of esters is 1. The molecule has 0 aromatic heterocycles. The Morgan fingerprint density at radius 2 is 2.00 bits per heavy atom. The fourth-order valence-electron chi connectivity index (χ4n) is 1.11.